The van der Waals surface area contributed by atoms with Crippen molar-refractivity contribution in [2.24, 2.45) is 57.3 Å². The Balaban J connectivity index is 0.947. The quantitative estimate of drug-likeness (QED) is 0.267. The van der Waals surface area contributed by atoms with Gasteiger partial charge in [-0.15, -0.1) is 34.0 Å². The van der Waals surface area contributed by atoms with E-state index in [0.29, 0.717) is 23.7 Å². The first-order valence-electron chi connectivity index (χ1n) is 18.2. The highest BCUT2D eigenvalue weighted by molar-refractivity contribution is 7.39. The van der Waals surface area contributed by atoms with Gasteiger partial charge in [-0.2, -0.15) is 0 Å². The number of thiophene rings is 3. The monoisotopic (exact) mass is 696 g/mol. The Labute approximate surface area is 292 Å². The number of Topliss-reactive ketones (excluding diaryl/α,β-unsaturated/α-hetero) is 4. The molecule has 8 unspecified atom stereocenters. The summed E-state index contributed by atoms with van der Waals surface area (Å²) in [6.07, 6.45) is 15.3. The van der Waals surface area contributed by atoms with Gasteiger partial charge in [-0.1, -0.05) is 65.2 Å². The Kier molecular flexibility index (Phi) is 6.73. The molecule has 6 nitrogen and oxygen atoms in total. The van der Waals surface area contributed by atoms with E-state index >= 15 is 0 Å². The van der Waals surface area contributed by atoms with E-state index in [-0.39, 0.29) is 58.2 Å². The van der Waals surface area contributed by atoms with E-state index in [1.165, 1.54) is 66.3 Å². The van der Waals surface area contributed by atoms with Crippen LogP contribution in [0.25, 0.3) is 24.9 Å². The number of fused-ring (bicyclic) bond motifs is 9. The van der Waals surface area contributed by atoms with E-state index in [1.807, 2.05) is 6.07 Å². The molecule has 3 aromatic rings. The van der Waals surface area contributed by atoms with E-state index in [4.69, 9.17) is 9.98 Å². The fourth-order valence-electron chi connectivity index (χ4n) is 11.1. The van der Waals surface area contributed by atoms with Crippen molar-refractivity contribution >= 4 is 98.4 Å². The van der Waals surface area contributed by atoms with Crippen LogP contribution in [0.1, 0.15) is 101 Å². The molecule has 0 aliphatic heterocycles. The Hall–Kier alpha value is -2.62. The van der Waals surface area contributed by atoms with E-state index in [0.717, 1.165) is 50.7 Å². The first kappa shape index (κ1) is 30.2. The number of aliphatic imine (C=N–C) groups is 2. The maximum atomic E-state index is 13.6. The molecule has 0 radical (unpaired) electrons. The summed E-state index contributed by atoms with van der Waals surface area (Å²) in [4.78, 5) is 65.1. The molecule has 0 spiro atoms. The largest absolute Gasteiger partial charge is 0.292 e. The van der Waals surface area contributed by atoms with Crippen molar-refractivity contribution in [1.29, 1.82) is 0 Å². The van der Waals surface area contributed by atoms with E-state index < -0.39 is 5.41 Å². The summed E-state index contributed by atoms with van der Waals surface area (Å²) < 4.78 is 4.69. The SMILES string of the molecule is CC1(C)C(N=C2C(=O)C3CC4CCCCC4CC3C2=O)=Cc2sc3c(sc4cc(N=C5C(=O)C6CC7CCCCC7CC6C5=O)sc43)c21. The standard InChI is InChI=1S/C39H40N2O4S3/c1-39(2)27(40-30-32(42)21-11-17-7-3-4-8-18(17)12-22(21)33(30)43)15-25-29(39)37-38(46-25)36-26(47-37)16-28(48-36)41-31-34(44)23-13-19-9-5-6-10-20(19)14-24(23)35(31)45/h15-24H,3-14H2,1-2H3. The predicted octanol–water partition coefficient (Wildman–Crippen LogP) is 9.29. The molecule has 0 aromatic carbocycles. The maximum Gasteiger partial charge on any atom is 0.188 e. The number of nitrogens with zero attached hydrogens (tertiary/aromatic N) is 2. The van der Waals surface area contributed by atoms with Gasteiger partial charge in [0.05, 0.1) is 19.8 Å². The molecule has 6 fully saturated rings. The molecule has 3 aromatic heterocycles. The van der Waals surface area contributed by atoms with Crippen LogP contribution in [0, 0.1) is 47.3 Å². The molecule has 248 valence electrons. The van der Waals surface area contributed by atoms with Crippen LogP contribution in [0.2, 0.25) is 0 Å². The highest BCUT2D eigenvalue weighted by atomic mass is 32.1. The van der Waals surface area contributed by atoms with Gasteiger partial charge >= 0.3 is 0 Å². The summed E-state index contributed by atoms with van der Waals surface area (Å²) in [5, 5.41) is 0.737. The molecule has 10 rings (SSSR count). The van der Waals surface area contributed by atoms with Gasteiger partial charge in [-0.25, -0.2) is 9.98 Å². The summed E-state index contributed by atoms with van der Waals surface area (Å²) >= 11 is 5.03. The zero-order valence-corrected chi connectivity index (χ0v) is 30.0. The van der Waals surface area contributed by atoms with Gasteiger partial charge in [0, 0.05) is 38.7 Å². The molecule has 48 heavy (non-hydrogen) atoms. The van der Waals surface area contributed by atoms with E-state index in [9.17, 15) is 19.2 Å². The lowest BCUT2D eigenvalue weighted by Gasteiger charge is -2.39. The number of hydrogen-bond donors (Lipinski definition) is 0. The summed E-state index contributed by atoms with van der Waals surface area (Å²) in [5.41, 5.74) is 1.97. The molecule has 7 aliphatic rings. The van der Waals surface area contributed by atoms with Gasteiger partial charge in [0.15, 0.2) is 28.8 Å². The molecule has 6 saturated carbocycles. The number of allylic oxidation sites excluding steroid dienone is 1. The third-order valence-corrected chi connectivity index (χ3v) is 17.3. The summed E-state index contributed by atoms with van der Waals surface area (Å²) in [7, 11) is 0. The van der Waals surface area contributed by atoms with Gasteiger partial charge in [0.2, 0.25) is 0 Å². The Morgan fingerprint density at radius 3 is 1.58 bits per heavy atom. The van der Waals surface area contributed by atoms with Gasteiger partial charge in [0.1, 0.15) is 10.7 Å². The highest BCUT2D eigenvalue weighted by Gasteiger charge is 2.54. The minimum atomic E-state index is -0.435. The van der Waals surface area contributed by atoms with Crippen LogP contribution in [-0.2, 0) is 24.6 Å². The molecule has 0 amide bonds. The summed E-state index contributed by atoms with van der Waals surface area (Å²) in [6, 6.07) is 2.05. The average Bonchev–Trinajstić information content (AvgIpc) is 3.87. The molecule has 7 aliphatic carbocycles. The van der Waals surface area contributed by atoms with Crippen LogP contribution in [0.15, 0.2) is 21.7 Å². The van der Waals surface area contributed by atoms with Crippen molar-refractivity contribution in [3.8, 4) is 0 Å². The molecule has 9 heteroatoms. The Bertz CT molecular complexity index is 2000. The molecule has 3 heterocycles. The number of rotatable bonds is 2. The number of carbonyl (C=O) groups excluding carboxylic acids is 4. The Morgan fingerprint density at radius 1 is 0.604 bits per heavy atom. The van der Waals surface area contributed by atoms with Crippen LogP contribution >= 0.6 is 34.0 Å². The zero-order chi connectivity index (χ0) is 32.6. The van der Waals surface area contributed by atoms with E-state index in [2.05, 4.69) is 19.9 Å². The lowest BCUT2D eigenvalue weighted by atomic mass is 9.64. The van der Waals surface area contributed by atoms with Crippen LogP contribution in [0.3, 0.4) is 0 Å². The van der Waals surface area contributed by atoms with Crippen molar-refractivity contribution in [3.05, 3.63) is 22.2 Å². The summed E-state index contributed by atoms with van der Waals surface area (Å²) in [5.74, 6) is 1.59. The molecule has 0 saturated heterocycles. The topological polar surface area (TPSA) is 93.0 Å². The van der Waals surface area contributed by atoms with Crippen LogP contribution < -0.4 is 0 Å². The van der Waals surface area contributed by atoms with Crippen LogP contribution in [0.5, 0.6) is 0 Å². The highest BCUT2D eigenvalue weighted by Crippen LogP contribution is 2.57. The van der Waals surface area contributed by atoms with Crippen LogP contribution in [-0.4, -0.2) is 34.6 Å². The number of hydrogen-bond acceptors (Lipinski definition) is 9. The minimum Gasteiger partial charge on any atom is -0.292 e. The predicted molar refractivity (Wildman–Crippen MR) is 194 cm³/mol. The zero-order valence-electron chi connectivity index (χ0n) is 27.5. The second kappa shape index (κ2) is 10.7. The van der Waals surface area contributed by atoms with Crippen molar-refractivity contribution in [1.82, 2.24) is 0 Å². The number of carbonyl (C=O) groups is 4. The molecular formula is C39H40N2O4S3. The lowest BCUT2D eigenvalue weighted by Crippen LogP contribution is -2.35. The van der Waals surface area contributed by atoms with Crippen molar-refractivity contribution < 1.29 is 19.2 Å². The normalized spacial score (nSPS) is 35.5. The van der Waals surface area contributed by atoms with Crippen molar-refractivity contribution in [3.63, 3.8) is 0 Å². The van der Waals surface area contributed by atoms with Gasteiger partial charge in [0.25, 0.3) is 0 Å². The number of ketones is 4. The minimum absolute atomic E-state index is 0.0197. The maximum absolute atomic E-state index is 13.6. The smallest absolute Gasteiger partial charge is 0.188 e. The third kappa shape index (κ3) is 4.25. The first-order valence-corrected chi connectivity index (χ1v) is 20.7. The Morgan fingerprint density at radius 2 is 1.08 bits per heavy atom. The molecule has 0 N–H and O–H groups in total. The first-order chi connectivity index (χ1) is 23.2. The second-order valence-corrected chi connectivity index (χ2v) is 19.5. The van der Waals surface area contributed by atoms with Gasteiger partial charge in [-0.3, -0.25) is 19.2 Å². The lowest BCUT2D eigenvalue weighted by molar-refractivity contribution is -0.123. The van der Waals surface area contributed by atoms with Crippen molar-refractivity contribution in [2.45, 2.75) is 96.3 Å². The van der Waals surface area contributed by atoms with Crippen molar-refractivity contribution in [2.75, 3.05) is 0 Å². The van der Waals surface area contributed by atoms with E-state index in [1.54, 1.807) is 34.0 Å². The molecule has 8 atom stereocenters. The molecule has 0 bridgehead atoms. The fourth-order valence-corrected chi connectivity index (χ4v) is 15.5. The van der Waals surface area contributed by atoms with Gasteiger partial charge in [-0.05, 0) is 67.1 Å². The summed E-state index contributed by atoms with van der Waals surface area (Å²) in [6.45, 7) is 4.31. The van der Waals surface area contributed by atoms with Gasteiger partial charge < -0.3 is 0 Å². The fraction of sp³-hybridized carbons (Fsp3) is 0.590. The molecular weight excluding hydrogens is 657 g/mol. The second-order valence-electron chi connectivity index (χ2n) is 16.4. The van der Waals surface area contributed by atoms with Crippen LogP contribution in [0.4, 0.5) is 5.00 Å². The third-order valence-electron chi connectivity index (χ3n) is 13.6. The average molecular weight is 697 g/mol.